The molecule has 1 aliphatic carbocycles. The minimum Gasteiger partial charge on any atom is -0.483 e. The van der Waals surface area contributed by atoms with Crippen LogP contribution in [0.5, 0.6) is 5.75 Å². The van der Waals surface area contributed by atoms with Gasteiger partial charge in [-0.15, -0.1) is 0 Å². The number of benzene rings is 2. The summed E-state index contributed by atoms with van der Waals surface area (Å²) in [6, 6.07) is 16.0. The number of hydrogen-bond acceptors (Lipinski definition) is 7. The first kappa shape index (κ1) is 25.7. The van der Waals surface area contributed by atoms with Gasteiger partial charge in [0.05, 0.1) is 23.7 Å². The van der Waals surface area contributed by atoms with Crippen LogP contribution in [-0.4, -0.2) is 66.0 Å². The van der Waals surface area contributed by atoms with Crippen LogP contribution in [0.4, 0.5) is 5.69 Å². The zero-order valence-electron chi connectivity index (χ0n) is 20.2. The molecule has 0 bridgehead atoms. The van der Waals surface area contributed by atoms with Gasteiger partial charge in [-0.05, 0) is 36.6 Å². The number of anilines is 1. The molecule has 3 aromatic rings. The second-order valence-corrected chi connectivity index (χ2v) is 11.8. The SMILES string of the molecule is O=c1c(OC2CCC(O)C2)c(N2CCN(S(=O)(=O)Cc3ccccc3)CC2)cnn1-c1cccc(Cl)c1. The molecule has 196 valence electrons. The average molecular weight is 545 g/mol. The lowest BCUT2D eigenvalue weighted by molar-refractivity contribution is 0.148. The fraction of sp³-hybridized carbons (Fsp3) is 0.385. The number of ether oxygens (including phenoxy) is 1. The van der Waals surface area contributed by atoms with Gasteiger partial charge in [0, 0.05) is 37.6 Å². The van der Waals surface area contributed by atoms with Crippen molar-refractivity contribution < 1.29 is 18.3 Å². The van der Waals surface area contributed by atoms with Gasteiger partial charge in [-0.1, -0.05) is 48.0 Å². The number of halogens is 1. The molecule has 5 rings (SSSR count). The number of nitrogens with zero attached hydrogens (tertiary/aromatic N) is 4. The van der Waals surface area contributed by atoms with Gasteiger partial charge in [0.1, 0.15) is 11.8 Å². The Labute approximate surface area is 220 Å². The summed E-state index contributed by atoms with van der Waals surface area (Å²) in [7, 11) is -3.48. The maximum absolute atomic E-state index is 13.6. The summed E-state index contributed by atoms with van der Waals surface area (Å²) >= 11 is 6.13. The summed E-state index contributed by atoms with van der Waals surface area (Å²) in [5, 5.41) is 14.8. The van der Waals surface area contributed by atoms with Crippen molar-refractivity contribution in [2.24, 2.45) is 0 Å². The van der Waals surface area contributed by atoms with Crippen LogP contribution in [0, 0.1) is 0 Å². The Morgan fingerprint density at radius 2 is 1.78 bits per heavy atom. The van der Waals surface area contributed by atoms with Gasteiger partial charge in [-0.25, -0.2) is 8.42 Å². The Bertz CT molecular complexity index is 1410. The van der Waals surface area contributed by atoms with E-state index >= 15 is 0 Å². The molecular weight excluding hydrogens is 516 g/mol. The van der Waals surface area contributed by atoms with E-state index in [1.165, 1.54) is 8.99 Å². The smallest absolute Gasteiger partial charge is 0.316 e. The zero-order chi connectivity index (χ0) is 26.0. The minimum atomic E-state index is -3.48. The monoisotopic (exact) mass is 544 g/mol. The summed E-state index contributed by atoms with van der Waals surface area (Å²) in [6.45, 7) is 1.35. The molecule has 2 atom stereocenters. The minimum absolute atomic E-state index is 0.0521. The molecule has 11 heteroatoms. The number of aliphatic hydroxyl groups excluding tert-OH is 1. The zero-order valence-corrected chi connectivity index (χ0v) is 21.8. The summed E-state index contributed by atoms with van der Waals surface area (Å²) in [5.74, 6) is 0.0957. The van der Waals surface area contributed by atoms with E-state index in [-0.39, 0.29) is 30.7 Å². The van der Waals surface area contributed by atoms with E-state index < -0.39 is 21.7 Å². The van der Waals surface area contributed by atoms with Crippen molar-refractivity contribution in [3.8, 4) is 11.4 Å². The number of aliphatic hydroxyl groups is 1. The van der Waals surface area contributed by atoms with Crippen LogP contribution in [0.15, 0.2) is 65.6 Å². The Balaban J connectivity index is 1.39. The van der Waals surface area contributed by atoms with Gasteiger partial charge < -0.3 is 14.7 Å². The average Bonchev–Trinajstić information content (AvgIpc) is 3.30. The summed E-state index contributed by atoms with van der Waals surface area (Å²) in [4.78, 5) is 15.5. The molecule has 2 aromatic carbocycles. The third-order valence-corrected chi connectivity index (χ3v) is 8.86. The normalized spacial score (nSPS) is 20.8. The molecule has 2 fully saturated rings. The lowest BCUT2D eigenvalue weighted by Gasteiger charge is -2.36. The van der Waals surface area contributed by atoms with E-state index in [4.69, 9.17) is 16.3 Å². The molecule has 0 radical (unpaired) electrons. The fourth-order valence-corrected chi connectivity index (χ4v) is 6.53. The molecule has 1 aromatic heterocycles. The molecular formula is C26H29ClN4O5S. The maximum atomic E-state index is 13.6. The molecule has 2 heterocycles. The molecule has 1 aliphatic heterocycles. The highest BCUT2D eigenvalue weighted by Gasteiger charge is 2.31. The first-order chi connectivity index (χ1) is 17.8. The van der Waals surface area contributed by atoms with Crippen LogP contribution < -0.4 is 15.2 Å². The number of aromatic nitrogens is 2. The predicted molar refractivity (Wildman–Crippen MR) is 142 cm³/mol. The van der Waals surface area contributed by atoms with Gasteiger partial charge >= 0.3 is 5.56 Å². The van der Waals surface area contributed by atoms with Crippen molar-refractivity contribution in [1.82, 2.24) is 14.1 Å². The standard InChI is InChI=1S/C26H29ClN4O5S/c27-20-7-4-8-21(15-20)31-26(33)25(36-23-10-9-22(32)16-23)24(17-28-31)29-11-13-30(14-12-29)37(34,35)18-19-5-2-1-3-6-19/h1-8,15,17,22-23,32H,9-14,16,18H2. The van der Waals surface area contributed by atoms with E-state index in [1.54, 1.807) is 42.6 Å². The first-order valence-corrected chi connectivity index (χ1v) is 14.3. The van der Waals surface area contributed by atoms with Gasteiger partial charge in [-0.2, -0.15) is 14.1 Å². The van der Waals surface area contributed by atoms with E-state index in [2.05, 4.69) is 5.10 Å². The molecule has 1 saturated heterocycles. The van der Waals surface area contributed by atoms with Gasteiger partial charge in [0.2, 0.25) is 15.8 Å². The third-order valence-electron chi connectivity index (χ3n) is 6.77. The van der Waals surface area contributed by atoms with Crippen LogP contribution in [-0.2, 0) is 15.8 Å². The molecule has 0 spiro atoms. The van der Waals surface area contributed by atoms with Crippen LogP contribution in [0.3, 0.4) is 0 Å². The Hall–Kier alpha value is -2.92. The van der Waals surface area contributed by atoms with E-state index in [0.717, 1.165) is 5.56 Å². The molecule has 1 saturated carbocycles. The Morgan fingerprint density at radius 3 is 2.46 bits per heavy atom. The second-order valence-electron chi connectivity index (χ2n) is 9.39. The molecule has 2 aliphatic rings. The van der Waals surface area contributed by atoms with Crippen molar-refractivity contribution >= 4 is 27.3 Å². The Kier molecular flexibility index (Phi) is 7.52. The number of sulfonamides is 1. The first-order valence-electron chi connectivity index (χ1n) is 12.3. The van der Waals surface area contributed by atoms with Crippen LogP contribution in [0.2, 0.25) is 5.02 Å². The Morgan fingerprint density at radius 1 is 1.03 bits per heavy atom. The molecule has 37 heavy (non-hydrogen) atoms. The van der Waals surface area contributed by atoms with E-state index in [0.29, 0.717) is 48.7 Å². The second kappa shape index (κ2) is 10.8. The molecule has 0 amide bonds. The number of hydrogen-bond donors (Lipinski definition) is 1. The summed E-state index contributed by atoms with van der Waals surface area (Å²) in [6.07, 6.45) is 2.55. The van der Waals surface area contributed by atoms with Crippen LogP contribution in [0.1, 0.15) is 24.8 Å². The van der Waals surface area contributed by atoms with Gasteiger partial charge in [0.15, 0.2) is 0 Å². The fourth-order valence-electron chi connectivity index (χ4n) is 4.83. The summed E-state index contributed by atoms with van der Waals surface area (Å²) < 4.78 is 34.9. The highest BCUT2D eigenvalue weighted by molar-refractivity contribution is 7.88. The maximum Gasteiger partial charge on any atom is 0.316 e. The van der Waals surface area contributed by atoms with Crippen molar-refractivity contribution in [1.29, 1.82) is 0 Å². The van der Waals surface area contributed by atoms with Crippen molar-refractivity contribution in [3.63, 3.8) is 0 Å². The number of piperazine rings is 1. The predicted octanol–water partition coefficient (Wildman–Crippen LogP) is 2.83. The van der Waals surface area contributed by atoms with Crippen LogP contribution >= 0.6 is 11.6 Å². The van der Waals surface area contributed by atoms with Gasteiger partial charge in [-0.3, -0.25) is 4.79 Å². The lowest BCUT2D eigenvalue weighted by Crippen LogP contribution is -2.49. The molecule has 2 unspecified atom stereocenters. The van der Waals surface area contributed by atoms with Gasteiger partial charge in [0.25, 0.3) is 0 Å². The van der Waals surface area contributed by atoms with Crippen molar-refractivity contribution in [3.05, 3.63) is 81.7 Å². The van der Waals surface area contributed by atoms with Crippen molar-refractivity contribution in [2.75, 3.05) is 31.1 Å². The third kappa shape index (κ3) is 5.82. The number of rotatable bonds is 7. The highest BCUT2D eigenvalue weighted by Crippen LogP contribution is 2.31. The topological polar surface area (TPSA) is 105 Å². The largest absolute Gasteiger partial charge is 0.483 e. The molecule has 9 nitrogen and oxygen atoms in total. The quantitative estimate of drug-likeness (QED) is 0.487. The van der Waals surface area contributed by atoms with Crippen molar-refractivity contribution in [2.45, 2.75) is 37.2 Å². The molecule has 1 N–H and O–H groups in total. The van der Waals surface area contributed by atoms with E-state index in [1.807, 2.05) is 23.1 Å². The van der Waals surface area contributed by atoms with Crippen LogP contribution in [0.25, 0.3) is 5.69 Å². The lowest BCUT2D eigenvalue weighted by atomic mass is 10.2. The van der Waals surface area contributed by atoms with E-state index in [9.17, 15) is 18.3 Å². The summed E-state index contributed by atoms with van der Waals surface area (Å²) in [5.41, 5.74) is 1.34. The highest BCUT2D eigenvalue weighted by atomic mass is 35.5.